The highest BCUT2D eigenvalue weighted by Crippen LogP contribution is 2.43. The van der Waals surface area contributed by atoms with Gasteiger partial charge in [0.05, 0.1) is 19.8 Å². The van der Waals surface area contributed by atoms with Crippen molar-refractivity contribution in [3.05, 3.63) is 85.1 Å². The molecule has 0 saturated heterocycles. The fourth-order valence-corrected chi connectivity index (χ4v) is 6.30. The molecule has 0 aromatic carbocycles. The summed E-state index contributed by atoms with van der Waals surface area (Å²) in [7, 11) is -4.64. The van der Waals surface area contributed by atoms with Crippen molar-refractivity contribution in [2.24, 2.45) is 0 Å². The average Bonchev–Trinajstić information content (AvgIpc) is 3.22. The number of hydrogen-bond acceptors (Lipinski definition) is 9. The molecule has 3 N–H and O–H groups in total. The van der Waals surface area contributed by atoms with E-state index in [1.165, 1.54) is 44.9 Å². The van der Waals surface area contributed by atoms with Crippen molar-refractivity contribution < 1.29 is 47.8 Å². The Hall–Kier alpha value is -2.85. The summed E-state index contributed by atoms with van der Waals surface area (Å²) in [4.78, 5) is 35.0. The molecule has 0 fully saturated rings. The Kier molecular flexibility index (Phi) is 41.2. The molecular weight excluding hydrogens is 767 g/mol. The number of carbonyl (C=O) groups excluding carboxylic acids is 2. The molecule has 10 nitrogen and oxygen atoms in total. The predicted octanol–water partition coefficient (Wildman–Crippen LogP) is 12.2. The van der Waals surface area contributed by atoms with E-state index in [2.05, 4.69) is 103 Å². The molecule has 0 aliphatic rings. The molecule has 59 heavy (non-hydrogen) atoms. The van der Waals surface area contributed by atoms with Crippen LogP contribution in [0.25, 0.3) is 0 Å². The van der Waals surface area contributed by atoms with Crippen LogP contribution in [-0.2, 0) is 32.7 Å². The van der Waals surface area contributed by atoms with Gasteiger partial charge in [-0.3, -0.25) is 18.6 Å². The highest BCUT2D eigenvalue weighted by atomic mass is 31.2. The standard InChI is InChI=1S/C48H81O10P/c1-3-5-7-9-11-13-15-17-19-21-22-24-25-27-29-31-33-35-37-39-47(51)55-43-46(44-57-59(53,54)56-42-45(50)41-49)58-48(52)40-38-36-34-32-30-28-26-23-20-18-16-14-12-10-8-6-4-2/h11-14,17-20,22,24,26-29,45-46,49-50H,3-10,15-16,21,23,25,30-44H2,1-2H3,(H,53,54)/b13-11+,14-12+,19-17+,20-18+,24-22+,28-26+,29-27+/t45-,46+/m0/s1. The van der Waals surface area contributed by atoms with Gasteiger partial charge >= 0.3 is 19.8 Å². The minimum atomic E-state index is -4.64. The van der Waals surface area contributed by atoms with Crippen molar-refractivity contribution in [3.8, 4) is 0 Å². The van der Waals surface area contributed by atoms with Gasteiger partial charge in [0, 0.05) is 12.8 Å². The minimum absolute atomic E-state index is 0.146. The van der Waals surface area contributed by atoms with Gasteiger partial charge in [0.15, 0.2) is 6.10 Å². The van der Waals surface area contributed by atoms with Gasteiger partial charge in [-0.15, -0.1) is 0 Å². The predicted molar refractivity (Wildman–Crippen MR) is 242 cm³/mol. The maximum atomic E-state index is 12.6. The normalized spacial score (nSPS) is 14.6. The van der Waals surface area contributed by atoms with Gasteiger partial charge in [-0.1, -0.05) is 144 Å². The third-order valence-electron chi connectivity index (χ3n) is 9.02. The maximum Gasteiger partial charge on any atom is 0.472 e. The van der Waals surface area contributed by atoms with Crippen molar-refractivity contribution in [3.63, 3.8) is 0 Å². The van der Waals surface area contributed by atoms with E-state index in [0.29, 0.717) is 12.8 Å². The molecule has 0 rings (SSSR count). The van der Waals surface area contributed by atoms with Gasteiger partial charge in [0.2, 0.25) is 0 Å². The van der Waals surface area contributed by atoms with E-state index in [1.54, 1.807) is 0 Å². The van der Waals surface area contributed by atoms with Crippen LogP contribution in [-0.4, -0.2) is 65.7 Å². The molecular formula is C48H81O10P. The molecule has 0 saturated carbocycles. The molecule has 0 aliphatic carbocycles. The summed E-state index contributed by atoms with van der Waals surface area (Å²) in [6, 6.07) is 0. The summed E-state index contributed by atoms with van der Waals surface area (Å²) in [6.07, 6.45) is 51.1. The number of esters is 2. The number of hydrogen-bond donors (Lipinski definition) is 3. The van der Waals surface area contributed by atoms with Crippen molar-refractivity contribution in [2.45, 2.75) is 180 Å². The fraction of sp³-hybridized carbons (Fsp3) is 0.667. The van der Waals surface area contributed by atoms with Gasteiger partial charge in [-0.25, -0.2) is 4.57 Å². The van der Waals surface area contributed by atoms with Gasteiger partial charge in [-0.2, -0.15) is 0 Å². The fourth-order valence-electron chi connectivity index (χ4n) is 5.51. The van der Waals surface area contributed by atoms with Crippen molar-refractivity contribution in [2.75, 3.05) is 26.4 Å². The first kappa shape index (κ1) is 56.1. The van der Waals surface area contributed by atoms with Crippen LogP contribution in [0.5, 0.6) is 0 Å². The molecule has 1 unspecified atom stereocenters. The molecule has 11 heteroatoms. The summed E-state index contributed by atoms with van der Waals surface area (Å²) in [5, 5.41) is 18.3. The second-order valence-electron chi connectivity index (χ2n) is 14.7. The number of aliphatic hydroxyl groups is 2. The van der Waals surface area contributed by atoms with Crippen molar-refractivity contribution in [1.82, 2.24) is 0 Å². The Bertz CT molecular complexity index is 1250. The van der Waals surface area contributed by atoms with E-state index in [1.807, 2.05) is 0 Å². The van der Waals surface area contributed by atoms with Gasteiger partial charge in [0.25, 0.3) is 0 Å². The molecule has 0 heterocycles. The minimum Gasteiger partial charge on any atom is -0.462 e. The Morgan fingerprint density at radius 1 is 0.508 bits per heavy atom. The number of unbranched alkanes of at least 4 members (excludes halogenated alkanes) is 13. The van der Waals surface area contributed by atoms with Crippen LogP contribution in [0.3, 0.4) is 0 Å². The lowest BCUT2D eigenvalue weighted by Gasteiger charge is -2.20. The average molecular weight is 849 g/mol. The highest BCUT2D eigenvalue weighted by molar-refractivity contribution is 7.47. The van der Waals surface area contributed by atoms with E-state index in [4.69, 9.17) is 19.1 Å². The molecule has 0 bridgehead atoms. The van der Waals surface area contributed by atoms with Crippen LogP contribution in [0.4, 0.5) is 0 Å². The number of allylic oxidation sites excluding steroid dienone is 14. The van der Waals surface area contributed by atoms with Gasteiger partial charge in [-0.05, 0) is 96.3 Å². The second-order valence-corrected chi connectivity index (χ2v) is 16.2. The number of phosphoric acid groups is 1. The number of rotatable bonds is 41. The molecule has 0 aliphatic heterocycles. The zero-order chi connectivity index (χ0) is 43.3. The third-order valence-corrected chi connectivity index (χ3v) is 9.97. The zero-order valence-corrected chi connectivity index (χ0v) is 37.6. The molecule has 3 atom stereocenters. The van der Waals surface area contributed by atoms with Crippen molar-refractivity contribution >= 4 is 19.8 Å². The van der Waals surface area contributed by atoms with Crippen LogP contribution in [0.1, 0.15) is 168 Å². The third kappa shape index (κ3) is 43.1. The first-order valence-electron chi connectivity index (χ1n) is 22.5. The molecule has 0 aromatic heterocycles. The lowest BCUT2D eigenvalue weighted by atomic mass is 10.1. The second kappa shape index (κ2) is 43.2. The van der Waals surface area contributed by atoms with Crippen LogP contribution >= 0.6 is 7.82 Å². The van der Waals surface area contributed by atoms with Gasteiger partial charge in [0.1, 0.15) is 12.7 Å². The van der Waals surface area contributed by atoms with Gasteiger partial charge < -0.3 is 24.6 Å². The first-order chi connectivity index (χ1) is 28.7. The first-order valence-corrected chi connectivity index (χ1v) is 24.0. The van der Waals surface area contributed by atoms with Crippen molar-refractivity contribution in [1.29, 1.82) is 0 Å². The Morgan fingerprint density at radius 2 is 0.881 bits per heavy atom. The number of aliphatic hydroxyl groups excluding tert-OH is 2. The summed E-state index contributed by atoms with van der Waals surface area (Å²) in [6.45, 7) is 2.25. The quantitative estimate of drug-likeness (QED) is 0.0235. The van der Waals surface area contributed by atoms with Crippen LogP contribution in [0, 0.1) is 0 Å². The summed E-state index contributed by atoms with van der Waals surface area (Å²) in [5.74, 6) is -0.993. The maximum absolute atomic E-state index is 12.6. The van der Waals surface area contributed by atoms with Crippen LogP contribution < -0.4 is 0 Å². The SMILES string of the molecule is CCCCC/C=C/C/C=C/C/C=C/C/C=C/CCCCCC(=O)OC[C@H](COP(=O)(O)OC[C@@H](O)CO)OC(=O)CCCCCC/C=C/C/C=C/C/C=C/CCCCC. The van der Waals surface area contributed by atoms with E-state index in [9.17, 15) is 24.2 Å². The van der Waals surface area contributed by atoms with Crippen LogP contribution in [0.15, 0.2) is 85.1 Å². The topological polar surface area (TPSA) is 149 Å². The molecule has 0 radical (unpaired) electrons. The molecule has 338 valence electrons. The summed E-state index contributed by atoms with van der Waals surface area (Å²) < 4.78 is 32.7. The molecule has 0 amide bonds. The number of ether oxygens (including phenoxy) is 2. The highest BCUT2D eigenvalue weighted by Gasteiger charge is 2.27. The van der Waals surface area contributed by atoms with E-state index in [0.717, 1.165) is 83.5 Å². The number of phosphoric ester groups is 1. The Labute approximate surface area is 358 Å². The lowest BCUT2D eigenvalue weighted by Crippen LogP contribution is -2.29. The zero-order valence-electron chi connectivity index (χ0n) is 36.7. The molecule has 0 aromatic rings. The summed E-state index contributed by atoms with van der Waals surface area (Å²) >= 11 is 0. The smallest absolute Gasteiger partial charge is 0.462 e. The lowest BCUT2D eigenvalue weighted by molar-refractivity contribution is -0.161. The Morgan fingerprint density at radius 3 is 1.32 bits per heavy atom. The number of carbonyl (C=O) groups is 2. The van der Waals surface area contributed by atoms with Crippen LogP contribution in [0.2, 0.25) is 0 Å². The van der Waals surface area contributed by atoms with E-state index < -0.39 is 51.8 Å². The van der Waals surface area contributed by atoms with E-state index >= 15 is 0 Å². The molecule has 0 spiro atoms. The summed E-state index contributed by atoms with van der Waals surface area (Å²) in [5.41, 5.74) is 0. The van der Waals surface area contributed by atoms with E-state index in [-0.39, 0.29) is 19.4 Å². The monoisotopic (exact) mass is 849 g/mol. The Balaban J connectivity index is 4.40. The largest absolute Gasteiger partial charge is 0.472 e.